The lowest BCUT2D eigenvalue weighted by atomic mass is 9.88. The van der Waals surface area contributed by atoms with Gasteiger partial charge in [-0.25, -0.2) is 0 Å². The molecule has 0 amide bonds. The summed E-state index contributed by atoms with van der Waals surface area (Å²) < 4.78 is 4.77. The zero-order chi connectivity index (χ0) is 9.84. The number of carbonyl (C=O) groups excluding carboxylic acids is 1. The second-order valence-electron chi connectivity index (χ2n) is 4.18. The van der Waals surface area contributed by atoms with Gasteiger partial charge in [0.1, 0.15) is 0 Å². The lowest BCUT2D eigenvalue weighted by Crippen LogP contribution is -2.24. The van der Waals surface area contributed by atoms with Crippen molar-refractivity contribution >= 4 is 5.97 Å². The first-order valence-corrected chi connectivity index (χ1v) is 4.93. The number of nitrogens with one attached hydrogen (secondary N) is 1. The van der Waals surface area contributed by atoms with Gasteiger partial charge in [-0.05, 0) is 24.8 Å². The van der Waals surface area contributed by atoms with Crippen LogP contribution in [-0.4, -0.2) is 26.2 Å². The van der Waals surface area contributed by atoms with Crippen molar-refractivity contribution in [3.8, 4) is 0 Å². The summed E-state index contributed by atoms with van der Waals surface area (Å²) in [6.45, 7) is 6.11. The zero-order valence-electron chi connectivity index (χ0n) is 8.67. The second kappa shape index (κ2) is 4.61. The van der Waals surface area contributed by atoms with Crippen LogP contribution in [0.15, 0.2) is 0 Å². The molecule has 1 heterocycles. The van der Waals surface area contributed by atoms with Crippen LogP contribution >= 0.6 is 0 Å². The largest absolute Gasteiger partial charge is 0.469 e. The fourth-order valence-corrected chi connectivity index (χ4v) is 2.01. The van der Waals surface area contributed by atoms with Crippen molar-refractivity contribution in [3.63, 3.8) is 0 Å². The first kappa shape index (κ1) is 10.5. The van der Waals surface area contributed by atoms with Crippen molar-refractivity contribution in [2.45, 2.75) is 20.3 Å². The van der Waals surface area contributed by atoms with Gasteiger partial charge in [0, 0.05) is 6.54 Å². The molecule has 0 saturated carbocycles. The molecule has 0 aromatic carbocycles. The normalized spacial score (nSPS) is 28.0. The van der Waals surface area contributed by atoms with Gasteiger partial charge in [0.15, 0.2) is 0 Å². The molecule has 0 aromatic rings. The summed E-state index contributed by atoms with van der Waals surface area (Å²) in [5.74, 6) is 1.13. The quantitative estimate of drug-likeness (QED) is 0.668. The van der Waals surface area contributed by atoms with Gasteiger partial charge < -0.3 is 10.1 Å². The number of hydrogen-bond acceptors (Lipinski definition) is 3. The summed E-state index contributed by atoms with van der Waals surface area (Å²) in [4.78, 5) is 11.3. The fourth-order valence-electron chi connectivity index (χ4n) is 2.01. The summed E-state index contributed by atoms with van der Waals surface area (Å²) >= 11 is 0. The first-order chi connectivity index (χ1) is 6.15. The predicted octanol–water partition coefficient (Wildman–Crippen LogP) is 1.04. The van der Waals surface area contributed by atoms with Crippen LogP contribution in [0.3, 0.4) is 0 Å². The van der Waals surface area contributed by atoms with Gasteiger partial charge >= 0.3 is 5.97 Å². The van der Waals surface area contributed by atoms with Crippen LogP contribution < -0.4 is 5.32 Å². The third-order valence-electron chi connectivity index (χ3n) is 2.62. The van der Waals surface area contributed by atoms with Crippen molar-refractivity contribution in [2.24, 2.45) is 17.8 Å². The van der Waals surface area contributed by atoms with Crippen LogP contribution in [0.1, 0.15) is 20.3 Å². The number of methoxy groups -OCH3 is 1. The Morgan fingerprint density at radius 2 is 2.23 bits per heavy atom. The molecule has 3 heteroatoms. The highest BCUT2D eigenvalue weighted by atomic mass is 16.5. The molecule has 3 nitrogen and oxygen atoms in total. The maximum Gasteiger partial charge on any atom is 0.310 e. The molecule has 1 saturated heterocycles. The van der Waals surface area contributed by atoms with Gasteiger partial charge in [0.05, 0.1) is 13.0 Å². The van der Waals surface area contributed by atoms with Crippen LogP contribution in [0, 0.1) is 17.8 Å². The van der Waals surface area contributed by atoms with Gasteiger partial charge in [-0.2, -0.15) is 0 Å². The molecule has 1 fully saturated rings. The molecular formula is C10H19NO2. The lowest BCUT2D eigenvalue weighted by molar-refractivity contribution is -0.146. The molecule has 0 aliphatic carbocycles. The van der Waals surface area contributed by atoms with E-state index in [4.69, 9.17) is 4.74 Å². The average molecular weight is 185 g/mol. The van der Waals surface area contributed by atoms with Crippen molar-refractivity contribution < 1.29 is 9.53 Å². The lowest BCUT2D eigenvalue weighted by Gasteiger charge is -2.17. The number of carbonyl (C=O) groups is 1. The Hall–Kier alpha value is -0.570. The first-order valence-electron chi connectivity index (χ1n) is 4.93. The van der Waals surface area contributed by atoms with Crippen LogP contribution in [0.25, 0.3) is 0 Å². The minimum atomic E-state index is -0.0596. The molecule has 1 aliphatic heterocycles. The van der Waals surface area contributed by atoms with Crippen LogP contribution in [0.2, 0.25) is 0 Å². The summed E-state index contributed by atoms with van der Waals surface area (Å²) in [7, 11) is 1.47. The van der Waals surface area contributed by atoms with E-state index < -0.39 is 0 Å². The maximum absolute atomic E-state index is 11.3. The topological polar surface area (TPSA) is 38.3 Å². The second-order valence-corrected chi connectivity index (χ2v) is 4.18. The van der Waals surface area contributed by atoms with E-state index in [9.17, 15) is 4.79 Å². The van der Waals surface area contributed by atoms with Crippen LogP contribution in [-0.2, 0) is 9.53 Å². The number of ether oxygens (including phenoxy) is 1. The number of hydrogen-bond donors (Lipinski definition) is 1. The van der Waals surface area contributed by atoms with Crippen molar-refractivity contribution in [1.82, 2.24) is 5.32 Å². The molecule has 0 radical (unpaired) electrons. The molecule has 2 atom stereocenters. The Balaban J connectivity index is 2.48. The van der Waals surface area contributed by atoms with Gasteiger partial charge in [-0.3, -0.25) is 4.79 Å². The zero-order valence-corrected chi connectivity index (χ0v) is 8.67. The Morgan fingerprint density at radius 3 is 2.77 bits per heavy atom. The van der Waals surface area contributed by atoms with Crippen molar-refractivity contribution in [1.29, 1.82) is 0 Å². The Kier molecular flexibility index (Phi) is 3.72. The fraction of sp³-hybridized carbons (Fsp3) is 0.900. The molecule has 1 rings (SSSR count). The van der Waals surface area contributed by atoms with E-state index in [-0.39, 0.29) is 11.9 Å². The summed E-state index contributed by atoms with van der Waals surface area (Å²) in [6.07, 6.45) is 1.10. The smallest absolute Gasteiger partial charge is 0.310 e. The SMILES string of the molecule is COC(=O)[C@@H]1CNC[C@H]1CC(C)C. The van der Waals surface area contributed by atoms with Crippen molar-refractivity contribution in [2.75, 3.05) is 20.2 Å². The van der Waals surface area contributed by atoms with Gasteiger partial charge in [0.25, 0.3) is 0 Å². The summed E-state index contributed by atoms with van der Waals surface area (Å²) in [5.41, 5.74) is 0. The van der Waals surface area contributed by atoms with E-state index in [1.54, 1.807) is 0 Å². The molecule has 13 heavy (non-hydrogen) atoms. The molecule has 0 unspecified atom stereocenters. The monoisotopic (exact) mass is 185 g/mol. The van der Waals surface area contributed by atoms with Crippen molar-refractivity contribution in [3.05, 3.63) is 0 Å². The third kappa shape index (κ3) is 2.69. The number of esters is 1. The average Bonchev–Trinajstić information content (AvgIpc) is 2.50. The van der Waals surface area contributed by atoms with Gasteiger partial charge in [-0.1, -0.05) is 13.8 Å². The van der Waals surface area contributed by atoms with E-state index in [1.165, 1.54) is 7.11 Å². The van der Waals surface area contributed by atoms with E-state index in [2.05, 4.69) is 19.2 Å². The predicted molar refractivity (Wildman–Crippen MR) is 51.3 cm³/mol. The maximum atomic E-state index is 11.3. The molecule has 76 valence electrons. The molecule has 0 bridgehead atoms. The van der Waals surface area contributed by atoms with Gasteiger partial charge in [0.2, 0.25) is 0 Å². The minimum absolute atomic E-state index is 0.0596. The number of rotatable bonds is 3. The van der Waals surface area contributed by atoms with E-state index in [1.807, 2.05) is 0 Å². The minimum Gasteiger partial charge on any atom is -0.469 e. The molecule has 0 spiro atoms. The highest BCUT2D eigenvalue weighted by molar-refractivity contribution is 5.73. The Labute approximate surface area is 79.8 Å². The van der Waals surface area contributed by atoms with E-state index in [0.717, 1.165) is 19.5 Å². The standard InChI is InChI=1S/C10H19NO2/c1-7(2)4-8-5-11-6-9(8)10(12)13-3/h7-9,11H,4-6H2,1-3H3/t8-,9-/m1/s1. The van der Waals surface area contributed by atoms with E-state index >= 15 is 0 Å². The summed E-state index contributed by atoms with van der Waals surface area (Å²) in [6, 6.07) is 0. The molecular weight excluding hydrogens is 166 g/mol. The molecule has 1 aliphatic rings. The highest BCUT2D eigenvalue weighted by Gasteiger charge is 2.33. The third-order valence-corrected chi connectivity index (χ3v) is 2.62. The highest BCUT2D eigenvalue weighted by Crippen LogP contribution is 2.24. The van der Waals surface area contributed by atoms with Crippen LogP contribution in [0.4, 0.5) is 0 Å². The van der Waals surface area contributed by atoms with Gasteiger partial charge in [-0.15, -0.1) is 0 Å². The Morgan fingerprint density at radius 1 is 1.54 bits per heavy atom. The molecule has 1 N–H and O–H groups in total. The Bertz CT molecular complexity index is 180. The summed E-state index contributed by atoms with van der Waals surface area (Å²) in [5, 5.41) is 3.24. The van der Waals surface area contributed by atoms with E-state index in [0.29, 0.717) is 11.8 Å². The molecule has 0 aromatic heterocycles. The van der Waals surface area contributed by atoms with Crippen LogP contribution in [0.5, 0.6) is 0 Å².